The first-order valence-electron chi connectivity index (χ1n) is 14.1. The minimum absolute atomic E-state index is 0.0138. The molecular weight excluding hydrogens is 562 g/mol. The standard InChI is InChI=1S/C30H39N3O8S/c1-30(2,14-6-15-31)20-33(42(37,38)23-11-9-22(34)10-12-23)18-26(35)25(17-21-7-4-3-5-8-21)32-29(36)41-27-19-40-28-24(27)13-16-39-28/h3-5,7-12,24-28,34-35H,6,13-14,16-20H2,1-2H3,(H,32,36)/t24?,25-,26+,27?,28?/m0/s1. The Morgan fingerprint density at radius 1 is 1.19 bits per heavy atom. The van der Waals surface area contributed by atoms with Crippen LogP contribution in [-0.2, 0) is 30.7 Å². The van der Waals surface area contributed by atoms with Gasteiger partial charge in [0.15, 0.2) is 6.29 Å². The lowest BCUT2D eigenvalue weighted by molar-refractivity contribution is -0.0907. The number of ether oxygens (including phenoxy) is 3. The Bertz CT molecular complexity index is 1330. The quantitative estimate of drug-likeness (QED) is 0.314. The zero-order valence-corrected chi connectivity index (χ0v) is 24.7. The van der Waals surface area contributed by atoms with Crippen LogP contribution in [0.4, 0.5) is 4.79 Å². The van der Waals surface area contributed by atoms with Crippen LogP contribution in [0.3, 0.4) is 0 Å². The van der Waals surface area contributed by atoms with E-state index >= 15 is 0 Å². The molecule has 3 N–H and O–H groups in total. The van der Waals surface area contributed by atoms with Crippen molar-refractivity contribution >= 4 is 16.1 Å². The maximum Gasteiger partial charge on any atom is 0.407 e. The maximum atomic E-state index is 13.8. The van der Waals surface area contributed by atoms with E-state index in [1.54, 1.807) is 0 Å². The predicted octanol–water partition coefficient (Wildman–Crippen LogP) is 3.17. The lowest BCUT2D eigenvalue weighted by atomic mass is 9.88. The van der Waals surface area contributed by atoms with Gasteiger partial charge in [-0.3, -0.25) is 0 Å². The Kier molecular flexibility index (Phi) is 10.5. The summed E-state index contributed by atoms with van der Waals surface area (Å²) in [5.74, 6) is -0.140. The lowest BCUT2D eigenvalue weighted by Crippen LogP contribution is -2.52. The fraction of sp³-hybridized carbons (Fsp3) is 0.533. The highest BCUT2D eigenvalue weighted by molar-refractivity contribution is 7.89. The molecule has 2 aliphatic heterocycles. The number of benzene rings is 2. The van der Waals surface area contributed by atoms with Crippen LogP contribution in [0.1, 0.15) is 38.7 Å². The number of sulfonamides is 1. The molecule has 2 heterocycles. The summed E-state index contributed by atoms with van der Waals surface area (Å²) in [4.78, 5) is 13.0. The molecule has 2 aromatic carbocycles. The van der Waals surface area contributed by atoms with E-state index in [-0.39, 0.29) is 49.1 Å². The predicted molar refractivity (Wildman–Crippen MR) is 153 cm³/mol. The molecule has 2 aromatic rings. The number of carbonyl (C=O) groups excluding carboxylic acids is 1. The van der Waals surface area contributed by atoms with Crippen molar-refractivity contribution in [2.24, 2.45) is 11.3 Å². The molecule has 11 nitrogen and oxygen atoms in total. The summed E-state index contributed by atoms with van der Waals surface area (Å²) < 4.78 is 45.5. The number of aromatic hydroxyl groups is 1. The zero-order chi connectivity index (χ0) is 30.3. The Morgan fingerprint density at radius 2 is 1.90 bits per heavy atom. The summed E-state index contributed by atoms with van der Waals surface area (Å²) >= 11 is 0. The average Bonchev–Trinajstić information content (AvgIpc) is 3.57. The summed E-state index contributed by atoms with van der Waals surface area (Å²) in [5, 5.41) is 33.1. The van der Waals surface area contributed by atoms with Crippen molar-refractivity contribution in [1.82, 2.24) is 9.62 Å². The Hall–Kier alpha value is -3.21. The number of phenols is 1. The van der Waals surface area contributed by atoms with Gasteiger partial charge in [-0.2, -0.15) is 9.57 Å². The number of amides is 1. The first-order chi connectivity index (χ1) is 20.0. The minimum atomic E-state index is -4.13. The first-order valence-corrected chi connectivity index (χ1v) is 15.5. The normalized spacial score (nSPS) is 21.8. The molecule has 0 aromatic heterocycles. The second-order valence-corrected chi connectivity index (χ2v) is 13.5. The van der Waals surface area contributed by atoms with Gasteiger partial charge in [0.1, 0.15) is 11.9 Å². The largest absolute Gasteiger partial charge is 0.508 e. The van der Waals surface area contributed by atoms with E-state index in [1.165, 1.54) is 28.6 Å². The summed E-state index contributed by atoms with van der Waals surface area (Å²) in [7, 11) is -4.13. The van der Waals surface area contributed by atoms with Gasteiger partial charge in [-0.05, 0) is 54.5 Å². The number of rotatable bonds is 13. The van der Waals surface area contributed by atoms with Crippen molar-refractivity contribution < 1.29 is 37.6 Å². The second kappa shape index (κ2) is 13.8. The molecule has 42 heavy (non-hydrogen) atoms. The van der Waals surface area contributed by atoms with E-state index in [1.807, 2.05) is 44.2 Å². The van der Waals surface area contributed by atoms with Crippen molar-refractivity contribution in [3.63, 3.8) is 0 Å². The summed E-state index contributed by atoms with van der Waals surface area (Å²) in [6, 6.07) is 15.6. The van der Waals surface area contributed by atoms with Crippen molar-refractivity contribution in [1.29, 1.82) is 5.26 Å². The number of carbonyl (C=O) groups is 1. The van der Waals surface area contributed by atoms with E-state index in [9.17, 15) is 23.4 Å². The highest BCUT2D eigenvalue weighted by Crippen LogP contribution is 2.33. The van der Waals surface area contributed by atoms with E-state index in [0.717, 1.165) is 5.56 Å². The highest BCUT2D eigenvalue weighted by Gasteiger charge is 2.44. The number of nitrogens with zero attached hydrogens (tertiary/aromatic N) is 2. The van der Waals surface area contributed by atoms with Crippen LogP contribution in [0.2, 0.25) is 0 Å². The van der Waals surface area contributed by atoms with E-state index < -0.39 is 46.1 Å². The molecule has 0 radical (unpaired) electrons. The maximum absolute atomic E-state index is 13.8. The lowest BCUT2D eigenvalue weighted by Gasteiger charge is -2.34. The van der Waals surface area contributed by atoms with Crippen molar-refractivity contribution in [2.75, 3.05) is 26.3 Å². The van der Waals surface area contributed by atoms with Gasteiger partial charge in [0.05, 0.1) is 42.2 Å². The molecule has 4 rings (SSSR count). The first kappa shape index (κ1) is 31.7. The molecule has 0 saturated carbocycles. The molecule has 2 fully saturated rings. The molecule has 0 spiro atoms. The van der Waals surface area contributed by atoms with Gasteiger partial charge in [-0.25, -0.2) is 13.2 Å². The molecule has 228 valence electrons. The number of aliphatic hydroxyl groups excluding tert-OH is 1. The fourth-order valence-electron chi connectivity index (χ4n) is 5.32. The van der Waals surface area contributed by atoms with Crippen LogP contribution in [-0.4, -0.2) is 79.9 Å². The van der Waals surface area contributed by atoms with Gasteiger partial charge >= 0.3 is 6.09 Å². The van der Waals surface area contributed by atoms with Gasteiger partial charge < -0.3 is 29.7 Å². The molecule has 0 bridgehead atoms. The molecule has 3 unspecified atom stereocenters. The molecular formula is C30H39N3O8S. The molecule has 2 saturated heterocycles. The fourth-order valence-corrected chi connectivity index (χ4v) is 6.97. The number of phenolic OH excluding ortho intramolecular Hbond substituents is 1. The van der Waals surface area contributed by atoms with Gasteiger partial charge in [-0.1, -0.05) is 44.2 Å². The van der Waals surface area contributed by atoms with Crippen molar-refractivity contribution in [3.8, 4) is 11.8 Å². The smallest absolute Gasteiger partial charge is 0.407 e. The van der Waals surface area contributed by atoms with Gasteiger partial charge in [0, 0.05) is 19.5 Å². The number of alkyl carbamates (subject to hydrolysis) is 1. The number of nitriles is 1. The van der Waals surface area contributed by atoms with Crippen molar-refractivity contribution in [3.05, 3.63) is 60.2 Å². The molecule has 5 atom stereocenters. The van der Waals surface area contributed by atoms with Crippen LogP contribution >= 0.6 is 0 Å². The van der Waals surface area contributed by atoms with Gasteiger partial charge in [0.25, 0.3) is 0 Å². The van der Waals surface area contributed by atoms with Crippen LogP contribution in [0.25, 0.3) is 0 Å². The monoisotopic (exact) mass is 601 g/mol. The third-order valence-corrected chi connectivity index (χ3v) is 9.52. The third kappa shape index (κ3) is 8.20. The molecule has 12 heteroatoms. The van der Waals surface area contributed by atoms with Gasteiger partial charge in [-0.15, -0.1) is 0 Å². The van der Waals surface area contributed by atoms with E-state index in [2.05, 4.69) is 11.4 Å². The Labute approximate surface area is 247 Å². The second-order valence-electron chi connectivity index (χ2n) is 11.6. The Balaban J connectivity index is 1.56. The SMILES string of the molecule is CC(C)(CCC#N)CN(C[C@@H](O)[C@H](Cc1ccccc1)NC(=O)OC1COC2OCCC12)S(=O)(=O)c1ccc(O)cc1. The topological polar surface area (TPSA) is 158 Å². The highest BCUT2D eigenvalue weighted by atomic mass is 32.2. The van der Waals surface area contributed by atoms with Gasteiger partial charge in [0.2, 0.25) is 10.0 Å². The number of fused-ring (bicyclic) bond motifs is 1. The number of hydrogen-bond donors (Lipinski definition) is 3. The van der Waals surface area contributed by atoms with Crippen LogP contribution < -0.4 is 5.32 Å². The summed E-state index contributed by atoms with van der Waals surface area (Å²) in [6.07, 6.45) is -1.32. The number of aliphatic hydroxyl groups is 1. The number of nitrogens with one attached hydrogen (secondary N) is 1. The molecule has 1 amide bonds. The summed E-state index contributed by atoms with van der Waals surface area (Å²) in [5.41, 5.74) is 0.237. The number of hydrogen-bond acceptors (Lipinski definition) is 9. The average molecular weight is 602 g/mol. The zero-order valence-electron chi connectivity index (χ0n) is 23.9. The molecule has 2 aliphatic rings. The van der Waals surface area contributed by atoms with Crippen LogP contribution in [0, 0.1) is 22.7 Å². The Morgan fingerprint density at radius 3 is 2.60 bits per heavy atom. The van der Waals surface area contributed by atoms with E-state index in [0.29, 0.717) is 19.4 Å². The van der Waals surface area contributed by atoms with E-state index in [4.69, 9.17) is 19.5 Å². The minimum Gasteiger partial charge on any atom is -0.508 e. The van der Waals surface area contributed by atoms with Crippen LogP contribution in [0.15, 0.2) is 59.5 Å². The summed E-state index contributed by atoms with van der Waals surface area (Å²) in [6.45, 7) is 4.14. The van der Waals surface area contributed by atoms with Crippen molar-refractivity contribution in [2.45, 2.75) is 69.0 Å². The third-order valence-electron chi connectivity index (χ3n) is 7.69. The van der Waals surface area contributed by atoms with Crippen LogP contribution in [0.5, 0.6) is 5.75 Å². The molecule has 0 aliphatic carbocycles.